The lowest BCUT2D eigenvalue weighted by molar-refractivity contribution is 0.754. The summed E-state index contributed by atoms with van der Waals surface area (Å²) in [6.45, 7) is 0. The summed E-state index contributed by atoms with van der Waals surface area (Å²) in [6, 6.07) is 9.95. The molecule has 2 aromatic rings. The normalized spacial score (nSPS) is 17.6. The van der Waals surface area contributed by atoms with Crippen LogP contribution in [0.1, 0.15) is 18.2 Å². The van der Waals surface area contributed by atoms with Crippen LogP contribution in [0.4, 0.5) is 0 Å². The first-order valence-electron chi connectivity index (χ1n) is 6.13. The number of rotatable bonds is 2. The van der Waals surface area contributed by atoms with Crippen LogP contribution in [0.3, 0.4) is 0 Å². The first-order chi connectivity index (χ1) is 9.33. The Hall–Kier alpha value is -1.81. The van der Waals surface area contributed by atoms with Crippen molar-refractivity contribution in [2.24, 2.45) is 0 Å². The van der Waals surface area contributed by atoms with E-state index in [4.69, 9.17) is 0 Å². The van der Waals surface area contributed by atoms with Gasteiger partial charge < -0.3 is 0 Å². The van der Waals surface area contributed by atoms with E-state index >= 15 is 0 Å². The van der Waals surface area contributed by atoms with Gasteiger partial charge in [0.15, 0.2) is 10.6 Å². The number of hydrogen-bond donors (Lipinski definition) is 0. The molecule has 0 radical (unpaired) electrons. The van der Waals surface area contributed by atoms with Gasteiger partial charge in [-0.05, 0) is 22.4 Å². The Labute approximate surface area is 120 Å². The summed E-state index contributed by atoms with van der Waals surface area (Å²) in [5.74, 6) is 1.74. The van der Waals surface area contributed by atoms with Gasteiger partial charge in [-0.25, -0.2) is 15.0 Å². The van der Waals surface area contributed by atoms with E-state index in [-0.39, 0.29) is 5.92 Å². The van der Waals surface area contributed by atoms with Crippen molar-refractivity contribution in [1.82, 2.24) is 15.0 Å². The second-order valence-corrected chi connectivity index (χ2v) is 5.02. The molecular weight excluding hydrogens is 302 g/mol. The fourth-order valence-electron chi connectivity index (χ4n) is 2.02. The topological polar surface area (TPSA) is 38.7 Å². The smallest absolute Gasteiger partial charge is 0.200 e. The van der Waals surface area contributed by atoms with Crippen LogP contribution >= 0.6 is 15.9 Å². The first kappa shape index (κ1) is 12.2. The molecule has 3 rings (SSSR count). The molecule has 1 aromatic heterocycles. The van der Waals surface area contributed by atoms with Crippen molar-refractivity contribution in [3.05, 3.63) is 65.2 Å². The lowest BCUT2D eigenvalue weighted by Crippen LogP contribution is -2.06. The van der Waals surface area contributed by atoms with Gasteiger partial charge in [-0.1, -0.05) is 54.6 Å². The van der Waals surface area contributed by atoms with Crippen LogP contribution in [0.5, 0.6) is 0 Å². The second-order valence-electron chi connectivity index (χ2n) is 4.31. The summed E-state index contributed by atoms with van der Waals surface area (Å²) in [7, 11) is 0. The summed E-state index contributed by atoms with van der Waals surface area (Å²) in [5, 5.41) is 0. The molecule has 1 aliphatic carbocycles. The molecule has 1 atom stereocenters. The highest BCUT2D eigenvalue weighted by Crippen LogP contribution is 2.24. The van der Waals surface area contributed by atoms with Crippen molar-refractivity contribution in [2.45, 2.75) is 12.3 Å². The Balaban J connectivity index is 2.01. The summed E-state index contributed by atoms with van der Waals surface area (Å²) >= 11 is 3.37. The molecule has 1 aromatic carbocycles. The van der Waals surface area contributed by atoms with E-state index in [9.17, 15) is 0 Å². The lowest BCUT2D eigenvalue weighted by Gasteiger charge is -2.12. The average molecular weight is 314 g/mol. The van der Waals surface area contributed by atoms with Crippen molar-refractivity contribution < 1.29 is 0 Å². The van der Waals surface area contributed by atoms with Crippen LogP contribution in [0.15, 0.2) is 59.4 Å². The van der Waals surface area contributed by atoms with Crippen molar-refractivity contribution in [2.75, 3.05) is 0 Å². The maximum Gasteiger partial charge on any atom is 0.200 e. The molecule has 0 N–H and O–H groups in total. The third-order valence-corrected chi connectivity index (χ3v) is 3.32. The average Bonchev–Trinajstić information content (AvgIpc) is 2.48. The molecule has 0 bridgehead atoms. The van der Waals surface area contributed by atoms with Gasteiger partial charge in [-0.3, -0.25) is 0 Å². The molecule has 0 amide bonds. The SMILES string of the molecule is Brc1nc(-c2ccccc2)nc(C2C=CC=CC2)n1. The standard InChI is InChI=1S/C15H12BrN3/c16-15-18-13(11-7-3-1-4-8-11)17-14(19-15)12-9-5-2-6-10-12/h1-9,12H,10H2. The van der Waals surface area contributed by atoms with Crippen molar-refractivity contribution in [3.63, 3.8) is 0 Å². The molecule has 0 saturated heterocycles. The van der Waals surface area contributed by atoms with Crippen LogP contribution in [0.2, 0.25) is 0 Å². The zero-order valence-corrected chi connectivity index (χ0v) is 11.8. The van der Waals surface area contributed by atoms with Crippen molar-refractivity contribution in [1.29, 1.82) is 0 Å². The highest BCUT2D eigenvalue weighted by Gasteiger charge is 2.15. The minimum Gasteiger partial charge on any atom is -0.212 e. The molecule has 19 heavy (non-hydrogen) atoms. The maximum absolute atomic E-state index is 4.59. The Morgan fingerprint density at radius 1 is 1.00 bits per heavy atom. The van der Waals surface area contributed by atoms with Crippen LogP contribution in [-0.4, -0.2) is 15.0 Å². The minimum atomic E-state index is 0.228. The van der Waals surface area contributed by atoms with Gasteiger partial charge >= 0.3 is 0 Å². The summed E-state index contributed by atoms with van der Waals surface area (Å²) in [5.41, 5.74) is 1.00. The Kier molecular flexibility index (Phi) is 3.51. The third kappa shape index (κ3) is 2.79. The number of nitrogens with zero attached hydrogens (tertiary/aromatic N) is 3. The van der Waals surface area contributed by atoms with E-state index in [0.717, 1.165) is 17.8 Å². The first-order valence-corrected chi connectivity index (χ1v) is 6.92. The summed E-state index contributed by atoms with van der Waals surface area (Å²) in [4.78, 5) is 13.3. The molecule has 0 spiro atoms. The Morgan fingerprint density at radius 2 is 1.84 bits per heavy atom. The Bertz CT molecular complexity index is 635. The molecule has 1 heterocycles. The molecule has 94 valence electrons. The zero-order chi connectivity index (χ0) is 13.1. The maximum atomic E-state index is 4.59. The molecule has 1 unspecified atom stereocenters. The monoisotopic (exact) mass is 313 g/mol. The highest BCUT2D eigenvalue weighted by molar-refractivity contribution is 9.10. The van der Waals surface area contributed by atoms with E-state index in [1.54, 1.807) is 0 Å². The fourth-order valence-corrected chi connectivity index (χ4v) is 2.37. The van der Waals surface area contributed by atoms with Gasteiger partial charge in [-0.2, -0.15) is 0 Å². The molecule has 1 aliphatic rings. The van der Waals surface area contributed by atoms with Gasteiger partial charge in [0.2, 0.25) is 0 Å². The minimum absolute atomic E-state index is 0.228. The molecule has 4 heteroatoms. The van der Waals surface area contributed by atoms with Crippen LogP contribution in [0, 0.1) is 0 Å². The van der Waals surface area contributed by atoms with E-state index in [1.807, 2.05) is 42.5 Å². The van der Waals surface area contributed by atoms with Crippen LogP contribution in [-0.2, 0) is 0 Å². The number of benzene rings is 1. The fraction of sp³-hybridized carbons (Fsp3) is 0.133. The van der Waals surface area contributed by atoms with Gasteiger partial charge in [0.05, 0.1) is 0 Å². The van der Waals surface area contributed by atoms with E-state index < -0.39 is 0 Å². The van der Waals surface area contributed by atoms with Crippen molar-refractivity contribution in [3.8, 4) is 11.4 Å². The number of hydrogen-bond acceptors (Lipinski definition) is 3. The van der Waals surface area contributed by atoms with Crippen molar-refractivity contribution >= 4 is 15.9 Å². The summed E-state index contributed by atoms with van der Waals surface area (Å²) in [6.07, 6.45) is 9.27. The lowest BCUT2D eigenvalue weighted by atomic mass is 10.0. The Morgan fingerprint density at radius 3 is 2.58 bits per heavy atom. The highest BCUT2D eigenvalue weighted by atomic mass is 79.9. The molecule has 3 nitrogen and oxygen atoms in total. The van der Waals surface area contributed by atoms with Gasteiger partial charge in [0, 0.05) is 11.5 Å². The van der Waals surface area contributed by atoms with Gasteiger partial charge in [0.1, 0.15) is 5.82 Å². The molecule has 0 fully saturated rings. The number of allylic oxidation sites excluding steroid dienone is 4. The van der Waals surface area contributed by atoms with E-state index in [1.165, 1.54) is 0 Å². The quantitative estimate of drug-likeness (QED) is 0.844. The molecule has 0 saturated carbocycles. The van der Waals surface area contributed by atoms with Crippen LogP contribution in [0.25, 0.3) is 11.4 Å². The third-order valence-electron chi connectivity index (χ3n) is 2.97. The largest absolute Gasteiger partial charge is 0.212 e. The number of halogens is 1. The predicted octanol–water partition coefficient (Wildman–Crippen LogP) is 3.90. The van der Waals surface area contributed by atoms with E-state index in [0.29, 0.717) is 10.6 Å². The zero-order valence-electron chi connectivity index (χ0n) is 10.2. The van der Waals surface area contributed by atoms with E-state index in [2.05, 4.69) is 43.0 Å². The predicted molar refractivity (Wildman–Crippen MR) is 78.6 cm³/mol. The van der Waals surface area contributed by atoms with Gasteiger partial charge in [-0.15, -0.1) is 0 Å². The molecular formula is C15H12BrN3. The molecule has 0 aliphatic heterocycles. The number of aromatic nitrogens is 3. The summed E-state index contributed by atoms with van der Waals surface area (Å²) < 4.78 is 0.583. The van der Waals surface area contributed by atoms with Gasteiger partial charge in [0.25, 0.3) is 0 Å². The van der Waals surface area contributed by atoms with Crippen LogP contribution < -0.4 is 0 Å². The second kappa shape index (κ2) is 5.45.